The van der Waals surface area contributed by atoms with Crippen molar-refractivity contribution in [3.8, 4) is 5.75 Å². The van der Waals surface area contributed by atoms with Gasteiger partial charge in [-0.2, -0.15) is 0 Å². The van der Waals surface area contributed by atoms with Gasteiger partial charge in [-0.25, -0.2) is 0 Å². The Morgan fingerprint density at radius 1 is 1.05 bits per heavy atom. The average molecular weight is 264 g/mol. The number of ether oxygens (including phenoxy) is 1. The average Bonchev–Trinajstić information content (AvgIpc) is 2.52. The zero-order valence-corrected chi connectivity index (χ0v) is 11.2. The first-order chi connectivity index (χ1) is 9.81. The van der Waals surface area contributed by atoms with Crippen molar-refractivity contribution in [3.05, 3.63) is 84.5 Å². The van der Waals surface area contributed by atoms with Crippen LogP contribution in [0.2, 0.25) is 0 Å². The summed E-state index contributed by atoms with van der Waals surface area (Å²) in [4.78, 5) is 12.0. The first-order valence-electron chi connectivity index (χ1n) is 6.41. The molecule has 0 fully saturated rings. The number of benzene rings is 2. The van der Waals surface area contributed by atoms with Crippen LogP contribution in [0.25, 0.3) is 6.08 Å². The maximum Gasteiger partial charge on any atom is 0.185 e. The summed E-state index contributed by atoms with van der Waals surface area (Å²) in [5.41, 5.74) is 1.55. The Balaban J connectivity index is 2.15. The van der Waals surface area contributed by atoms with Crippen LogP contribution in [0.5, 0.6) is 5.75 Å². The van der Waals surface area contributed by atoms with Crippen molar-refractivity contribution in [2.24, 2.45) is 0 Å². The molecule has 100 valence electrons. The third kappa shape index (κ3) is 3.69. The molecule has 0 aliphatic rings. The molecule has 0 saturated carbocycles. The van der Waals surface area contributed by atoms with Crippen LogP contribution in [-0.2, 0) is 0 Å². The topological polar surface area (TPSA) is 26.3 Å². The summed E-state index contributed by atoms with van der Waals surface area (Å²) in [5.74, 6) is 0.716. The van der Waals surface area contributed by atoms with Gasteiger partial charge >= 0.3 is 0 Å². The second kappa shape index (κ2) is 7.10. The van der Waals surface area contributed by atoms with Gasteiger partial charge in [0.25, 0.3) is 0 Å². The maximum absolute atomic E-state index is 12.0. The van der Waals surface area contributed by atoms with Crippen molar-refractivity contribution in [2.45, 2.75) is 0 Å². The van der Waals surface area contributed by atoms with Gasteiger partial charge in [0.15, 0.2) is 5.78 Å². The summed E-state index contributed by atoms with van der Waals surface area (Å²) < 4.78 is 5.54. The lowest BCUT2D eigenvalue weighted by molar-refractivity contribution is 0.104. The van der Waals surface area contributed by atoms with Crippen LogP contribution in [0.3, 0.4) is 0 Å². The molecular weight excluding hydrogens is 248 g/mol. The highest BCUT2D eigenvalue weighted by molar-refractivity contribution is 6.06. The van der Waals surface area contributed by atoms with E-state index in [2.05, 4.69) is 6.58 Å². The Hall–Kier alpha value is -2.61. The van der Waals surface area contributed by atoms with Crippen molar-refractivity contribution >= 4 is 11.9 Å². The van der Waals surface area contributed by atoms with Gasteiger partial charge in [0, 0.05) is 11.1 Å². The first kappa shape index (κ1) is 13.8. The minimum absolute atomic E-state index is 0.0240. The van der Waals surface area contributed by atoms with Gasteiger partial charge < -0.3 is 4.74 Å². The predicted octanol–water partition coefficient (Wildman–Crippen LogP) is 4.15. The third-order valence-corrected chi connectivity index (χ3v) is 2.75. The number of carbonyl (C=O) groups excluding carboxylic acids is 1. The molecule has 2 heteroatoms. The highest BCUT2D eigenvalue weighted by Crippen LogP contribution is 2.19. The van der Waals surface area contributed by atoms with Crippen molar-refractivity contribution < 1.29 is 9.53 Å². The fraction of sp³-hybridized carbons (Fsp3) is 0.0556. The normalized spacial score (nSPS) is 10.4. The third-order valence-electron chi connectivity index (χ3n) is 2.75. The van der Waals surface area contributed by atoms with E-state index in [1.165, 1.54) is 0 Å². The standard InChI is InChI=1S/C18H16O2/c1-2-14-20-18-11-7-6-10-16(18)12-13-17(19)15-8-4-3-5-9-15/h2-13H,1,14H2. The molecule has 0 N–H and O–H groups in total. The van der Waals surface area contributed by atoms with E-state index in [0.29, 0.717) is 12.2 Å². The number of ketones is 1. The summed E-state index contributed by atoms with van der Waals surface area (Å²) in [6, 6.07) is 16.8. The number of carbonyl (C=O) groups is 1. The van der Waals surface area contributed by atoms with E-state index in [0.717, 1.165) is 11.3 Å². The summed E-state index contributed by atoms with van der Waals surface area (Å²) in [6.07, 6.45) is 5.02. The van der Waals surface area contributed by atoms with E-state index in [1.54, 1.807) is 30.4 Å². The molecule has 0 aliphatic heterocycles. The highest BCUT2D eigenvalue weighted by Gasteiger charge is 2.02. The molecule has 0 bridgehead atoms. The summed E-state index contributed by atoms with van der Waals surface area (Å²) in [5, 5.41) is 0. The predicted molar refractivity (Wildman–Crippen MR) is 81.9 cm³/mol. The Labute approximate surface area is 119 Å². The Morgan fingerprint density at radius 3 is 2.50 bits per heavy atom. The number of allylic oxidation sites excluding steroid dienone is 1. The van der Waals surface area contributed by atoms with Gasteiger partial charge in [-0.3, -0.25) is 4.79 Å². The summed E-state index contributed by atoms with van der Waals surface area (Å²) in [7, 11) is 0. The lowest BCUT2D eigenvalue weighted by Gasteiger charge is -2.06. The van der Waals surface area contributed by atoms with Crippen molar-refractivity contribution in [1.82, 2.24) is 0 Å². The molecule has 0 unspecified atom stereocenters. The molecule has 0 radical (unpaired) electrons. The molecule has 0 atom stereocenters. The summed E-state index contributed by atoms with van der Waals surface area (Å²) in [6.45, 7) is 4.06. The van der Waals surface area contributed by atoms with Gasteiger partial charge in [0.2, 0.25) is 0 Å². The van der Waals surface area contributed by atoms with E-state index in [-0.39, 0.29) is 5.78 Å². The van der Waals surface area contributed by atoms with Crippen LogP contribution >= 0.6 is 0 Å². The Morgan fingerprint density at radius 2 is 1.75 bits per heavy atom. The van der Waals surface area contributed by atoms with Gasteiger partial charge in [0.1, 0.15) is 12.4 Å². The molecule has 0 aliphatic carbocycles. The van der Waals surface area contributed by atoms with Gasteiger partial charge in [0.05, 0.1) is 0 Å². The number of hydrogen-bond donors (Lipinski definition) is 0. The fourth-order valence-corrected chi connectivity index (χ4v) is 1.76. The highest BCUT2D eigenvalue weighted by atomic mass is 16.5. The molecule has 2 nitrogen and oxygen atoms in total. The van der Waals surface area contributed by atoms with Crippen LogP contribution in [0.15, 0.2) is 73.3 Å². The molecule has 0 heterocycles. The molecule has 2 rings (SSSR count). The summed E-state index contributed by atoms with van der Waals surface area (Å²) >= 11 is 0. The lowest BCUT2D eigenvalue weighted by atomic mass is 10.1. The zero-order valence-electron chi connectivity index (χ0n) is 11.2. The molecule has 0 saturated heterocycles. The van der Waals surface area contributed by atoms with E-state index in [9.17, 15) is 4.79 Å². The van der Waals surface area contributed by atoms with Crippen LogP contribution in [-0.4, -0.2) is 12.4 Å². The quantitative estimate of drug-likeness (QED) is 0.445. The number of para-hydroxylation sites is 1. The number of hydrogen-bond acceptors (Lipinski definition) is 2. The monoisotopic (exact) mass is 264 g/mol. The van der Waals surface area contributed by atoms with Crippen LogP contribution < -0.4 is 4.74 Å². The van der Waals surface area contributed by atoms with Gasteiger partial charge in [-0.05, 0) is 18.2 Å². The second-order valence-corrected chi connectivity index (χ2v) is 4.20. The second-order valence-electron chi connectivity index (χ2n) is 4.20. The zero-order chi connectivity index (χ0) is 14.2. The van der Waals surface area contributed by atoms with Gasteiger partial charge in [-0.1, -0.05) is 61.2 Å². The largest absolute Gasteiger partial charge is 0.489 e. The molecule has 20 heavy (non-hydrogen) atoms. The molecular formula is C18H16O2. The Bertz CT molecular complexity index is 612. The van der Waals surface area contributed by atoms with Gasteiger partial charge in [-0.15, -0.1) is 0 Å². The molecule has 2 aromatic carbocycles. The smallest absolute Gasteiger partial charge is 0.185 e. The van der Waals surface area contributed by atoms with E-state index < -0.39 is 0 Å². The molecule has 0 spiro atoms. The SMILES string of the molecule is C=CCOc1ccccc1C=CC(=O)c1ccccc1. The molecule has 0 amide bonds. The van der Waals surface area contributed by atoms with Crippen molar-refractivity contribution in [2.75, 3.05) is 6.61 Å². The minimum Gasteiger partial charge on any atom is -0.489 e. The van der Waals surface area contributed by atoms with E-state index in [1.807, 2.05) is 42.5 Å². The van der Waals surface area contributed by atoms with E-state index in [4.69, 9.17) is 4.74 Å². The first-order valence-corrected chi connectivity index (χ1v) is 6.41. The number of rotatable bonds is 6. The van der Waals surface area contributed by atoms with Crippen LogP contribution in [0, 0.1) is 0 Å². The molecule has 2 aromatic rings. The van der Waals surface area contributed by atoms with Crippen LogP contribution in [0.4, 0.5) is 0 Å². The van der Waals surface area contributed by atoms with Crippen LogP contribution in [0.1, 0.15) is 15.9 Å². The Kier molecular flexibility index (Phi) is 4.90. The molecule has 0 aromatic heterocycles. The minimum atomic E-state index is -0.0240. The lowest BCUT2D eigenvalue weighted by Crippen LogP contribution is -1.96. The van der Waals surface area contributed by atoms with E-state index >= 15 is 0 Å². The maximum atomic E-state index is 12.0. The van der Waals surface area contributed by atoms with Crippen molar-refractivity contribution in [1.29, 1.82) is 0 Å². The fourth-order valence-electron chi connectivity index (χ4n) is 1.76. The van der Waals surface area contributed by atoms with Crippen molar-refractivity contribution in [3.63, 3.8) is 0 Å².